The van der Waals surface area contributed by atoms with Gasteiger partial charge in [0.2, 0.25) is 5.95 Å². The van der Waals surface area contributed by atoms with Gasteiger partial charge in [0.05, 0.1) is 6.20 Å². The van der Waals surface area contributed by atoms with Gasteiger partial charge >= 0.3 is 0 Å². The molecular weight excluding hydrogens is 426 g/mol. The van der Waals surface area contributed by atoms with E-state index in [4.69, 9.17) is 0 Å². The summed E-state index contributed by atoms with van der Waals surface area (Å²) in [6.45, 7) is 1.95. The van der Waals surface area contributed by atoms with Crippen molar-refractivity contribution in [3.63, 3.8) is 0 Å². The van der Waals surface area contributed by atoms with Crippen LogP contribution in [-0.4, -0.2) is 55.1 Å². The van der Waals surface area contributed by atoms with Crippen LogP contribution in [0.5, 0.6) is 0 Å². The van der Waals surface area contributed by atoms with Crippen molar-refractivity contribution in [2.45, 2.75) is 13.0 Å². The summed E-state index contributed by atoms with van der Waals surface area (Å²) >= 11 is 0. The maximum Gasteiger partial charge on any atom is 0.259 e. The Kier molecular flexibility index (Phi) is 5.98. The quantitative estimate of drug-likeness (QED) is 0.603. The van der Waals surface area contributed by atoms with Gasteiger partial charge < -0.3 is 15.5 Å². The highest BCUT2D eigenvalue weighted by molar-refractivity contribution is 7.92. The molecule has 2 aromatic heterocycles. The molecule has 164 valence electrons. The van der Waals surface area contributed by atoms with Gasteiger partial charge in [0.25, 0.3) is 5.95 Å². The van der Waals surface area contributed by atoms with Gasteiger partial charge in [-0.1, -0.05) is 6.07 Å². The lowest BCUT2D eigenvalue weighted by Crippen LogP contribution is -2.26. The highest BCUT2D eigenvalue weighted by atomic mass is 32.2. The van der Waals surface area contributed by atoms with Crippen LogP contribution in [0.25, 0.3) is 0 Å². The van der Waals surface area contributed by atoms with Gasteiger partial charge in [0, 0.05) is 47.2 Å². The van der Waals surface area contributed by atoms with Crippen LogP contribution in [0, 0.1) is 11.3 Å². The second-order valence-electron chi connectivity index (χ2n) is 7.80. The minimum absolute atomic E-state index is 0.0925. The van der Waals surface area contributed by atoms with Crippen LogP contribution < -0.4 is 10.6 Å². The topological polar surface area (TPSA) is 132 Å². The average molecular weight is 450 g/mol. The van der Waals surface area contributed by atoms with Crippen molar-refractivity contribution >= 4 is 38.9 Å². The van der Waals surface area contributed by atoms with Crippen LogP contribution in [0.1, 0.15) is 16.7 Å². The lowest BCUT2D eigenvalue weighted by Gasteiger charge is -2.25. The van der Waals surface area contributed by atoms with Gasteiger partial charge in [0.1, 0.15) is 17.5 Å². The second kappa shape index (κ2) is 8.86. The van der Waals surface area contributed by atoms with E-state index >= 15 is 0 Å². The molecule has 4 rings (SSSR count). The molecule has 3 aromatic rings. The Morgan fingerprint density at radius 3 is 2.78 bits per heavy atom. The number of nitrogens with zero attached hydrogens (tertiary/aromatic N) is 7. The van der Waals surface area contributed by atoms with Crippen molar-refractivity contribution < 1.29 is 4.21 Å². The maximum absolute atomic E-state index is 11.9. The van der Waals surface area contributed by atoms with E-state index in [1.54, 1.807) is 6.07 Å². The number of hydrogen-bond donors (Lipinski definition) is 2. The zero-order valence-electron chi connectivity index (χ0n) is 18.0. The minimum atomic E-state index is -2.40. The molecule has 0 aliphatic carbocycles. The van der Waals surface area contributed by atoms with E-state index in [1.807, 2.05) is 6.07 Å². The summed E-state index contributed by atoms with van der Waals surface area (Å²) in [5, 5.41) is 15.7. The fourth-order valence-corrected chi connectivity index (χ4v) is 3.79. The smallest absolute Gasteiger partial charge is 0.259 e. The van der Waals surface area contributed by atoms with Crippen molar-refractivity contribution in [2.75, 3.05) is 36.7 Å². The van der Waals surface area contributed by atoms with Crippen LogP contribution >= 0.6 is 0 Å². The standard InChI is InChI=1S/C21H23N9OS/c1-30-9-7-14-4-5-17(10-15(14)13-30)25-20-24-12-16(11-22)19(28-20)26-18-6-8-23-21(27-18)29-32(2,3)31/h4-6,8,10,12H,7,9,13H2,1-3H3,(H2,23,24,25,26,27,28). The Hall–Kier alpha value is -3.62. The summed E-state index contributed by atoms with van der Waals surface area (Å²) in [5.74, 6) is 1.11. The molecule has 0 saturated carbocycles. The molecular formula is C21H23N9OS. The molecule has 2 N–H and O–H groups in total. The normalized spacial score (nSPS) is 13.7. The van der Waals surface area contributed by atoms with E-state index in [2.05, 4.69) is 65.1 Å². The third kappa shape index (κ3) is 5.35. The SMILES string of the molecule is CN1CCc2ccc(Nc3ncc(C#N)c(Nc4ccnc(N=S(C)(C)=O)n4)n3)cc2C1. The van der Waals surface area contributed by atoms with Crippen LogP contribution in [0.15, 0.2) is 41.0 Å². The molecule has 11 heteroatoms. The number of hydrogen-bond acceptors (Lipinski definition) is 10. The highest BCUT2D eigenvalue weighted by Gasteiger charge is 2.14. The van der Waals surface area contributed by atoms with Gasteiger partial charge in [0.15, 0.2) is 5.82 Å². The van der Waals surface area contributed by atoms with Gasteiger partial charge in [-0.2, -0.15) is 19.6 Å². The Balaban J connectivity index is 1.59. The minimum Gasteiger partial charge on any atom is -0.324 e. The monoisotopic (exact) mass is 449 g/mol. The summed E-state index contributed by atoms with van der Waals surface area (Å²) in [5.41, 5.74) is 3.76. The molecule has 32 heavy (non-hydrogen) atoms. The van der Waals surface area contributed by atoms with Crippen molar-refractivity contribution in [2.24, 2.45) is 4.36 Å². The van der Waals surface area contributed by atoms with Crippen LogP contribution in [0.4, 0.5) is 29.2 Å². The lowest BCUT2D eigenvalue weighted by atomic mass is 9.99. The number of rotatable bonds is 5. The van der Waals surface area contributed by atoms with E-state index in [9.17, 15) is 9.47 Å². The fraction of sp³-hybridized carbons (Fsp3) is 0.286. The Morgan fingerprint density at radius 1 is 1.16 bits per heavy atom. The summed E-state index contributed by atoms with van der Waals surface area (Å²) in [7, 11) is -0.293. The number of nitrogens with one attached hydrogen (secondary N) is 2. The van der Waals surface area contributed by atoms with Crippen LogP contribution in [0.3, 0.4) is 0 Å². The van der Waals surface area contributed by atoms with Crippen LogP contribution in [-0.2, 0) is 22.7 Å². The number of fused-ring (bicyclic) bond motifs is 1. The summed E-state index contributed by atoms with van der Waals surface area (Å²) < 4.78 is 15.9. The number of benzene rings is 1. The zero-order chi connectivity index (χ0) is 22.7. The van der Waals surface area contributed by atoms with E-state index in [0.717, 1.165) is 25.2 Å². The number of anilines is 4. The molecule has 3 heterocycles. The molecule has 0 saturated heterocycles. The molecule has 1 aliphatic heterocycles. The first-order chi connectivity index (χ1) is 15.3. The van der Waals surface area contributed by atoms with Gasteiger partial charge in [-0.25, -0.2) is 14.2 Å². The van der Waals surface area contributed by atoms with E-state index in [1.165, 1.54) is 36.0 Å². The largest absolute Gasteiger partial charge is 0.324 e. The highest BCUT2D eigenvalue weighted by Crippen LogP contribution is 2.25. The fourth-order valence-electron chi connectivity index (χ4n) is 3.30. The molecule has 0 fully saturated rings. The van der Waals surface area contributed by atoms with E-state index in [0.29, 0.717) is 17.6 Å². The number of aromatic nitrogens is 4. The van der Waals surface area contributed by atoms with Crippen molar-refractivity contribution in [3.8, 4) is 6.07 Å². The lowest BCUT2D eigenvalue weighted by molar-refractivity contribution is 0.313. The molecule has 1 aromatic carbocycles. The van der Waals surface area contributed by atoms with E-state index < -0.39 is 9.73 Å². The molecule has 0 radical (unpaired) electrons. The number of likely N-dealkylation sites (N-methyl/N-ethyl adjacent to an activating group) is 1. The summed E-state index contributed by atoms with van der Waals surface area (Å²) in [6.07, 6.45) is 6.99. The first kappa shape index (κ1) is 21.6. The molecule has 0 spiro atoms. The van der Waals surface area contributed by atoms with Crippen molar-refractivity contribution in [3.05, 3.63) is 53.3 Å². The van der Waals surface area contributed by atoms with Crippen molar-refractivity contribution in [1.29, 1.82) is 5.26 Å². The first-order valence-electron chi connectivity index (χ1n) is 9.91. The first-order valence-corrected chi connectivity index (χ1v) is 12.2. The predicted molar refractivity (Wildman–Crippen MR) is 124 cm³/mol. The summed E-state index contributed by atoms with van der Waals surface area (Å²) in [6, 6.07) is 9.92. The average Bonchev–Trinajstić information content (AvgIpc) is 2.73. The predicted octanol–water partition coefficient (Wildman–Crippen LogP) is 2.97. The third-order valence-corrected chi connectivity index (χ3v) is 5.37. The second-order valence-corrected chi connectivity index (χ2v) is 10.3. The van der Waals surface area contributed by atoms with Gasteiger partial charge in [-0.05, 0) is 42.8 Å². The maximum atomic E-state index is 11.9. The van der Waals surface area contributed by atoms with E-state index in [-0.39, 0.29) is 11.5 Å². The molecule has 0 atom stereocenters. The molecule has 10 nitrogen and oxygen atoms in total. The molecule has 0 bridgehead atoms. The summed E-state index contributed by atoms with van der Waals surface area (Å²) in [4.78, 5) is 19.2. The third-order valence-electron chi connectivity index (χ3n) is 4.77. The van der Waals surface area contributed by atoms with Crippen molar-refractivity contribution in [1.82, 2.24) is 24.8 Å². The Bertz CT molecular complexity index is 1320. The van der Waals surface area contributed by atoms with Gasteiger partial charge in [-0.15, -0.1) is 0 Å². The van der Waals surface area contributed by atoms with Gasteiger partial charge in [-0.3, -0.25) is 0 Å². The molecule has 0 amide bonds. The molecule has 1 aliphatic rings. The Morgan fingerprint density at radius 2 is 2.00 bits per heavy atom. The molecule has 0 unspecified atom stereocenters. The Labute approximate surface area is 187 Å². The zero-order valence-corrected chi connectivity index (χ0v) is 18.8. The van der Waals surface area contributed by atoms with Crippen LogP contribution in [0.2, 0.25) is 0 Å². The number of nitriles is 1.